The van der Waals surface area contributed by atoms with Gasteiger partial charge in [0, 0.05) is 25.7 Å². The van der Waals surface area contributed by atoms with Gasteiger partial charge in [-0.15, -0.1) is 0 Å². The predicted octanol–water partition coefficient (Wildman–Crippen LogP) is 1.56. The molecule has 1 saturated heterocycles. The molecule has 0 spiro atoms. The van der Waals surface area contributed by atoms with Gasteiger partial charge in [-0.25, -0.2) is 0 Å². The minimum atomic E-state index is -0.576. The van der Waals surface area contributed by atoms with Gasteiger partial charge in [-0.05, 0) is 38.5 Å². The Balaban J connectivity index is 1.83. The quantitative estimate of drug-likeness (QED) is 0.901. The van der Waals surface area contributed by atoms with Gasteiger partial charge in [0.1, 0.15) is 13.2 Å². The van der Waals surface area contributed by atoms with Crippen molar-refractivity contribution in [1.29, 1.82) is 0 Å². The van der Waals surface area contributed by atoms with E-state index in [1.54, 1.807) is 0 Å². The zero-order chi connectivity index (χ0) is 15.7. The van der Waals surface area contributed by atoms with Crippen molar-refractivity contribution < 1.29 is 14.3 Å². The van der Waals surface area contributed by atoms with E-state index in [-0.39, 0.29) is 5.91 Å². The maximum atomic E-state index is 13.0. The molecule has 1 fully saturated rings. The fourth-order valence-corrected chi connectivity index (χ4v) is 3.07. The Morgan fingerprint density at radius 3 is 2.73 bits per heavy atom. The second-order valence-corrected chi connectivity index (χ2v) is 6.59. The van der Waals surface area contributed by atoms with Crippen LogP contribution in [0.3, 0.4) is 0 Å². The van der Waals surface area contributed by atoms with Crippen LogP contribution >= 0.6 is 0 Å². The van der Waals surface area contributed by atoms with Crippen molar-refractivity contribution in [3.63, 3.8) is 0 Å². The molecule has 2 aliphatic heterocycles. The van der Waals surface area contributed by atoms with E-state index >= 15 is 0 Å². The average Bonchev–Trinajstić information content (AvgIpc) is 2.53. The van der Waals surface area contributed by atoms with Gasteiger partial charge < -0.3 is 19.7 Å². The molecular formula is C17H24N2O3. The molecule has 2 heterocycles. The summed E-state index contributed by atoms with van der Waals surface area (Å²) in [5.74, 6) is 1.66. The van der Waals surface area contributed by atoms with Crippen molar-refractivity contribution in [3.8, 4) is 11.5 Å². The Morgan fingerprint density at radius 2 is 2.00 bits per heavy atom. The third-order valence-electron chi connectivity index (χ3n) is 4.45. The average molecular weight is 304 g/mol. The van der Waals surface area contributed by atoms with Gasteiger partial charge in [-0.2, -0.15) is 0 Å². The van der Waals surface area contributed by atoms with Gasteiger partial charge in [0.15, 0.2) is 11.5 Å². The number of fused-ring (bicyclic) bond motifs is 1. The van der Waals surface area contributed by atoms with Crippen molar-refractivity contribution in [2.45, 2.75) is 32.2 Å². The smallest absolute Gasteiger partial charge is 0.232 e. The van der Waals surface area contributed by atoms with Crippen molar-refractivity contribution in [3.05, 3.63) is 23.8 Å². The van der Waals surface area contributed by atoms with Gasteiger partial charge in [0.2, 0.25) is 5.91 Å². The number of carbonyl (C=O) groups excluding carboxylic acids is 1. The van der Waals surface area contributed by atoms with Crippen LogP contribution in [0.15, 0.2) is 18.2 Å². The third-order valence-corrected chi connectivity index (χ3v) is 4.45. The standard InChI is InChI=1S/C17H24N2O3/c1-12-11-19(7-6-18-12)16(20)17(2,3)13-4-5-14-15(10-13)22-9-8-21-14/h4-5,10,12,18H,6-9,11H2,1-3H3/t12-/m1/s1. The van der Waals surface area contributed by atoms with Crippen molar-refractivity contribution in [2.24, 2.45) is 0 Å². The lowest BCUT2D eigenvalue weighted by Gasteiger charge is -2.37. The molecule has 3 rings (SSSR count). The van der Waals surface area contributed by atoms with Crippen LogP contribution in [0.4, 0.5) is 0 Å². The van der Waals surface area contributed by atoms with Crippen LogP contribution in [0.25, 0.3) is 0 Å². The molecule has 1 atom stereocenters. The highest BCUT2D eigenvalue weighted by molar-refractivity contribution is 5.87. The molecule has 0 aliphatic carbocycles. The first-order valence-corrected chi connectivity index (χ1v) is 7.91. The Labute approximate surface area is 131 Å². The first-order chi connectivity index (χ1) is 10.5. The molecule has 0 unspecified atom stereocenters. The lowest BCUT2D eigenvalue weighted by Crippen LogP contribution is -2.55. The van der Waals surface area contributed by atoms with Crippen molar-refractivity contribution >= 4 is 5.91 Å². The highest BCUT2D eigenvalue weighted by Crippen LogP contribution is 2.36. The molecule has 1 aromatic rings. The maximum Gasteiger partial charge on any atom is 0.232 e. The number of nitrogens with zero attached hydrogens (tertiary/aromatic N) is 1. The van der Waals surface area contributed by atoms with Gasteiger partial charge in [0.05, 0.1) is 5.41 Å². The molecule has 0 bridgehead atoms. The summed E-state index contributed by atoms with van der Waals surface area (Å²) < 4.78 is 11.2. The molecule has 0 aromatic heterocycles. The summed E-state index contributed by atoms with van der Waals surface area (Å²) >= 11 is 0. The number of benzene rings is 1. The molecule has 22 heavy (non-hydrogen) atoms. The zero-order valence-corrected chi connectivity index (χ0v) is 13.5. The fraction of sp³-hybridized carbons (Fsp3) is 0.588. The lowest BCUT2D eigenvalue weighted by molar-refractivity contribution is -0.137. The van der Waals surface area contributed by atoms with E-state index in [4.69, 9.17) is 9.47 Å². The second kappa shape index (κ2) is 5.80. The summed E-state index contributed by atoms with van der Waals surface area (Å²) in [6.07, 6.45) is 0. The molecular weight excluding hydrogens is 280 g/mol. The van der Waals surface area contributed by atoms with E-state index in [9.17, 15) is 4.79 Å². The summed E-state index contributed by atoms with van der Waals surface area (Å²) in [5, 5.41) is 3.37. The second-order valence-electron chi connectivity index (χ2n) is 6.59. The highest BCUT2D eigenvalue weighted by atomic mass is 16.6. The Hall–Kier alpha value is -1.75. The topological polar surface area (TPSA) is 50.8 Å². The summed E-state index contributed by atoms with van der Waals surface area (Å²) in [6, 6.07) is 6.16. The first-order valence-electron chi connectivity index (χ1n) is 7.91. The van der Waals surface area contributed by atoms with E-state index < -0.39 is 5.41 Å². The van der Waals surface area contributed by atoms with Gasteiger partial charge in [-0.3, -0.25) is 4.79 Å². The van der Waals surface area contributed by atoms with Gasteiger partial charge in [-0.1, -0.05) is 6.07 Å². The lowest BCUT2D eigenvalue weighted by atomic mass is 9.82. The molecule has 5 nitrogen and oxygen atoms in total. The predicted molar refractivity (Wildman–Crippen MR) is 84.5 cm³/mol. The Kier molecular flexibility index (Phi) is 4.00. The van der Waals surface area contributed by atoms with Crippen molar-refractivity contribution in [1.82, 2.24) is 10.2 Å². The number of piperazine rings is 1. The van der Waals surface area contributed by atoms with Crippen LogP contribution in [0, 0.1) is 0 Å². The molecule has 0 radical (unpaired) electrons. The molecule has 120 valence electrons. The normalized spacial score (nSPS) is 21.6. The van der Waals surface area contributed by atoms with Crippen LogP contribution < -0.4 is 14.8 Å². The first kappa shape index (κ1) is 15.2. The number of amides is 1. The number of rotatable bonds is 2. The van der Waals surface area contributed by atoms with E-state index in [1.165, 1.54) is 0 Å². The van der Waals surface area contributed by atoms with E-state index in [1.807, 2.05) is 36.9 Å². The summed E-state index contributed by atoms with van der Waals surface area (Å²) in [5.41, 5.74) is 0.389. The molecule has 1 N–H and O–H groups in total. The monoisotopic (exact) mass is 304 g/mol. The van der Waals surface area contributed by atoms with Crippen LogP contribution in [0.5, 0.6) is 11.5 Å². The van der Waals surface area contributed by atoms with E-state index in [0.717, 1.165) is 36.7 Å². The minimum Gasteiger partial charge on any atom is -0.486 e. The number of hydrogen-bond donors (Lipinski definition) is 1. The highest BCUT2D eigenvalue weighted by Gasteiger charge is 2.36. The Morgan fingerprint density at radius 1 is 1.27 bits per heavy atom. The zero-order valence-electron chi connectivity index (χ0n) is 13.5. The summed E-state index contributed by atoms with van der Waals surface area (Å²) in [4.78, 5) is 14.9. The minimum absolute atomic E-state index is 0.164. The maximum absolute atomic E-state index is 13.0. The summed E-state index contributed by atoms with van der Waals surface area (Å²) in [6.45, 7) is 9.57. The van der Waals surface area contributed by atoms with Crippen molar-refractivity contribution in [2.75, 3.05) is 32.8 Å². The van der Waals surface area contributed by atoms with Crippen LogP contribution in [0.2, 0.25) is 0 Å². The van der Waals surface area contributed by atoms with Gasteiger partial charge in [0.25, 0.3) is 0 Å². The van der Waals surface area contributed by atoms with Gasteiger partial charge >= 0.3 is 0 Å². The molecule has 2 aliphatic rings. The van der Waals surface area contributed by atoms with E-state index in [2.05, 4.69) is 12.2 Å². The van der Waals surface area contributed by atoms with Crippen LogP contribution in [-0.4, -0.2) is 49.7 Å². The number of ether oxygens (including phenoxy) is 2. The summed E-state index contributed by atoms with van der Waals surface area (Å²) in [7, 11) is 0. The number of hydrogen-bond acceptors (Lipinski definition) is 4. The Bertz CT molecular complexity index is 571. The molecule has 1 amide bonds. The molecule has 5 heteroatoms. The fourth-order valence-electron chi connectivity index (χ4n) is 3.07. The molecule has 1 aromatic carbocycles. The van der Waals surface area contributed by atoms with Crippen LogP contribution in [-0.2, 0) is 10.2 Å². The number of carbonyl (C=O) groups is 1. The van der Waals surface area contributed by atoms with E-state index in [0.29, 0.717) is 19.3 Å². The largest absolute Gasteiger partial charge is 0.486 e. The molecule has 0 saturated carbocycles. The third kappa shape index (κ3) is 2.77. The van der Waals surface area contributed by atoms with Crippen LogP contribution in [0.1, 0.15) is 26.3 Å². The number of nitrogens with one attached hydrogen (secondary N) is 1. The SMILES string of the molecule is C[C@@H]1CN(C(=O)C(C)(C)c2ccc3c(c2)OCCO3)CCN1.